The Labute approximate surface area is 133 Å². The van der Waals surface area contributed by atoms with Gasteiger partial charge in [0, 0.05) is 37.5 Å². The highest BCUT2D eigenvalue weighted by molar-refractivity contribution is 6.31. The minimum Gasteiger partial charge on any atom is -0.333 e. The summed E-state index contributed by atoms with van der Waals surface area (Å²) in [6.45, 7) is 2.21. The maximum Gasteiger partial charge on any atom is 0.223 e. The first-order valence-corrected chi connectivity index (χ1v) is 7.72. The van der Waals surface area contributed by atoms with Crippen molar-refractivity contribution in [1.29, 1.82) is 0 Å². The minimum absolute atomic E-state index is 0.0234. The van der Waals surface area contributed by atoms with Gasteiger partial charge in [-0.1, -0.05) is 29.8 Å². The molecule has 6 nitrogen and oxygen atoms in total. The first kappa shape index (κ1) is 15.0. The lowest BCUT2D eigenvalue weighted by molar-refractivity contribution is -0.134. The largest absolute Gasteiger partial charge is 0.333 e. The molecular formula is C15H18ClN5O. The summed E-state index contributed by atoms with van der Waals surface area (Å²) in [5, 5.41) is 10.6. The van der Waals surface area contributed by atoms with Crippen LogP contribution >= 0.6 is 11.6 Å². The van der Waals surface area contributed by atoms with Crippen molar-refractivity contribution in [3.8, 4) is 0 Å². The zero-order chi connectivity index (χ0) is 15.4. The number of halogens is 1. The number of nitrogens with zero attached hydrogens (tertiary/aromatic N) is 3. The van der Waals surface area contributed by atoms with Crippen LogP contribution in [0.3, 0.4) is 0 Å². The van der Waals surface area contributed by atoms with Crippen molar-refractivity contribution >= 4 is 17.5 Å². The molecule has 1 aromatic heterocycles. The third-order valence-electron chi connectivity index (χ3n) is 3.87. The van der Waals surface area contributed by atoms with Crippen molar-refractivity contribution in [2.45, 2.75) is 18.9 Å². The zero-order valence-corrected chi connectivity index (χ0v) is 12.9. The van der Waals surface area contributed by atoms with Gasteiger partial charge < -0.3 is 10.2 Å². The van der Waals surface area contributed by atoms with Crippen LogP contribution in [0.4, 0.5) is 0 Å². The van der Waals surface area contributed by atoms with Gasteiger partial charge in [-0.15, -0.1) is 0 Å². The van der Waals surface area contributed by atoms with Gasteiger partial charge >= 0.3 is 0 Å². The van der Waals surface area contributed by atoms with Crippen molar-refractivity contribution in [2.24, 2.45) is 0 Å². The summed E-state index contributed by atoms with van der Waals surface area (Å²) in [6.07, 6.45) is 2.44. The number of hydrogen-bond donors (Lipinski definition) is 2. The van der Waals surface area contributed by atoms with E-state index >= 15 is 0 Å². The predicted octanol–water partition coefficient (Wildman–Crippen LogP) is 1.56. The van der Waals surface area contributed by atoms with E-state index in [2.05, 4.69) is 20.5 Å². The molecule has 1 aliphatic heterocycles. The number of benzene rings is 1. The van der Waals surface area contributed by atoms with Crippen molar-refractivity contribution in [2.75, 3.05) is 19.6 Å². The summed E-state index contributed by atoms with van der Waals surface area (Å²) in [7, 11) is 0. The van der Waals surface area contributed by atoms with Crippen LogP contribution in [-0.2, 0) is 11.2 Å². The van der Waals surface area contributed by atoms with Crippen LogP contribution in [0, 0.1) is 0 Å². The number of aryl methyl sites for hydroxylation is 1. The molecule has 0 radical (unpaired) electrons. The second-order valence-electron chi connectivity index (χ2n) is 5.26. The van der Waals surface area contributed by atoms with E-state index in [1.807, 2.05) is 29.2 Å². The minimum atomic E-state index is -0.0234. The maximum absolute atomic E-state index is 12.6. The van der Waals surface area contributed by atoms with Crippen LogP contribution in [0.1, 0.15) is 23.9 Å². The van der Waals surface area contributed by atoms with Gasteiger partial charge in [-0.3, -0.25) is 9.89 Å². The topological polar surface area (TPSA) is 73.9 Å². The highest BCUT2D eigenvalue weighted by Crippen LogP contribution is 2.28. The monoisotopic (exact) mass is 319 g/mol. The zero-order valence-electron chi connectivity index (χ0n) is 12.1. The van der Waals surface area contributed by atoms with E-state index in [1.54, 1.807) is 0 Å². The molecule has 1 aliphatic rings. The van der Waals surface area contributed by atoms with Crippen LogP contribution in [0.2, 0.25) is 5.02 Å². The molecule has 3 rings (SSSR count). The van der Waals surface area contributed by atoms with E-state index in [0.29, 0.717) is 24.4 Å². The first-order chi connectivity index (χ1) is 10.8. The van der Waals surface area contributed by atoms with Gasteiger partial charge in [0.2, 0.25) is 5.91 Å². The smallest absolute Gasteiger partial charge is 0.223 e. The predicted molar refractivity (Wildman–Crippen MR) is 83.5 cm³/mol. The van der Waals surface area contributed by atoms with Crippen molar-refractivity contribution in [1.82, 2.24) is 25.4 Å². The number of aromatic nitrogens is 3. The number of carbonyl (C=O) groups is 1. The van der Waals surface area contributed by atoms with Crippen LogP contribution in [0.15, 0.2) is 30.6 Å². The second kappa shape index (κ2) is 6.89. The van der Waals surface area contributed by atoms with Crippen molar-refractivity contribution in [3.63, 3.8) is 0 Å². The molecule has 1 unspecified atom stereocenters. The Morgan fingerprint density at radius 3 is 3.05 bits per heavy atom. The molecule has 7 heteroatoms. The summed E-state index contributed by atoms with van der Waals surface area (Å²) in [5.74, 6) is 0.848. The number of nitrogens with one attached hydrogen (secondary N) is 2. The Bertz CT molecular complexity index is 631. The van der Waals surface area contributed by atoms with E-state index in [-0.39, 0.29) is 11.9 Å². The van der Waals surface area contributed by atoms with Crippen molar-refractivity contribution < 1.29 is 4.79 Å². The molecule has 1 aromatic carbocycles. The lowest BCUT2D eigenvalue weighted by atomic mass is 10.0. The highest BCUT2D eigenvalue weighted by Gasteiger charge is 2.28. The number of piperazine rings is 1. The second-order valence-corrected chi connectivity index (χ2v) is 5.67. The number of aromatic amines is 1. The van der Waals surface area contributed by atoms with E-state index in [1.165, 1.54) is 6.33 Å². The molecule has 1 atom stereocenters. The molecule has 2 aromatic rings. The van der Waals surface area contributed by atoms with Crippen LogP contribution in [0.5, 0.6) is 0 Å². The third kappa shape index (κ3) is 3.28. The molecule has 116 valence electrons. The van der Waals surface area contributed by atoms with Gasteiger partial charge in [0.1, 0.15) is 12.2 Å². The Morgan fingerprint density at radius 1 is 1.41 bits per heavy atom. The standard InChI is InChI=1S/C15H18ClN5O/c16-12-4-2-1-3-11(12)13-9-17-7-8-21(13)15(22)6-5-14-18-10-19-20-14/h1-4,10,13,17H,5-9H2,(H,18,19,20). The average Bonchev–Trinajstić information content (AvgIpc) is 3.06. The quantitative estimate of drug-likeness (QED) is 0.897. The van der Waals surface area contributed by atoms with Gasteiger partial charge in [-0.2, -0.15) is 5.10 Å². The van der Waals surface area contributed by atoms with Crippen molar-refractivity contribution in [3.05, 3.63) is 47.0 Å². The fourth-order valence-electron chi connectivity index (χ4n) is 2.75. The lowest BCUT2D eigenvalue weighted by Crippen LogP contribution is -2.48. The highest BCUT2D eigenvalue weighted by atomic mass is 35.5. The Hall–Kier alpha value is -1.92. The summed E-state index contributed by atoms with van der Waals surface area (Å²) >= 11 is 6.30. The molecule has 2 N–H and O–H groups in total. The summed E-state index contributed by atoms with van der Waals surface area (Å²) in [4.78, 5) is 18.5. The third-order valence-corrected chi connectivity index (χ3v) is 4.21. The summed E-state index contributed by atoms with van der Waals surface area (Å²) in [6, 6.07) is 7.68. The molecule has 2 heterocycles. The fraction of sp³-hybridized carbons (Fsp3) is 0.400. The van der Waals surface area contributed by atoms with Crippen LogP contribution in [-0.4, -0.2) is 45.6 Å². The summed E-state index contributed by atoms with van der Waals surface area (Å²) in [5.41, 5.74) is 0.990. The maximum atomic E-state index is 12.6. The van der Waals surface area contributed by atoms with Gasteiger partial charge in [0.05, 0.1) is 6.04 Å². The lowest BCUT2D eigenvalue weighted by Gasteiger charge is -2.37. The van der Waals surface area contributed by atoms with Crippen LogP contribution < -0.4 is 5.32 Å². The van der Waals surface area contributed by atoms with E-state index < -0.39 is 0 Å². The number of carbonyl (C=O) groups excluding carboxylic acids is 1. The molecule has 0 bridgehead atoms. The molecular weight excluding hydrogens is 302 g/mol. The van der Waals surface area contributed by atoms with E-state index in [4.69, 9.17) is 11.6 Å². The Balaban J connectivity index is 1.72. The number of H-pyrrole nitrogens is 1. The molecule has 0 saturated carbocycles. The average molecular weight is 320 g/mol. The van der Waals surface area contributed by atoms with Crippen LogP contribution in [0.25, 0.3) is 0 Å². The Kier molecular flexibility index (Phi) is 4.70. The molecule has 22 heavy (non-hydrogen) atoms. The summed E-state index contributed by atoms with van der Waals surface area (Å²) < 4.78 is 0. The van der Waals surface area contributed by atoms with Gasteiger partial charge in [0.25, 0.3) is 0 Å². The van der Waals surface area contributed by atoms with Gasteiger partial charge in [-0.05, 0) is 11.6 Å². The molecule has 0 spiro atoms. The Morgan fingerprint density at radius 2 is 2.27 bits per heavy atom. The van der Waals surface area contributed by atoms with E-state index in [9.17, 15) is 4.79 Å². The first-order valence-electron chi connectivity index (χ1n) is 7.34. The molecule has 1 fully saturated rings. The number of hydrogen-bond acceptors (Lipinski definition) is 4. The molecule has 1 amide bonds. The van der Waals surface area contributed by atoms with E-state index in [0.717, 1.165) is 24.5 Å². The van der Waals surface area contributed by atoms with Gasteiger partial charge in [-0.25, -0.2) is 4.98 Å². The SMILES string of the molecule is O=C(CCc1ncn[nH]1)N1CCNCC1c1ccccc1Cl. The number of rotatable bonds is 4. The van der Waals surface area contributed by atoms with Gasteiger partial charge in [0.15, 0.2) is 0 Å². The number of amides is 1. The fourth-order valence-corrected chi connectivity index (χ4v) is 3.01. The molecule has 1 saturated heterocycles. The molecule has 0 aliphatic carbocycles. The normalized spacial score (nSPS) is 18.4.